The summed E-state index contributed by atoms with van der Waals surface area (Å²) in [5.74, 6) is 0.447. The second-order valence-corrected chi connectivity index (χ2v) is 8.80. The van der Waals surface area contributed by atoms with Crippen LogP contribution in [-0.2, 0) is 20.6 Å². The smallest absolute Gasteiger partial charge is 0.229 e. The highest BCUT2D eigenvalue weighted by atomic mass is 16.7. The number of ether oxygens (including phenoxy) is 4. The molecule has 0 spiro atoms. The number of aliphatic hydroxyl groups is 6. The summed E-state index contributed by atoms with van der Waals surface area (Å²) in [5.41, 5.74) is 1.12. The van der Waals surface area contributed by atoms with E-state index in [2.05, 4.69) is 4.90 Å². The Hall–Kier alpha value is -1.38. The van der Waals surface area contributed by atoms with Crippen LogP contribution in [0.3, 0.4) is 0 Å². The van der Waals surface area contributed by atoms with Crippen LogP contribution in [0, 0.1) is 0 Å². The van der Waals surface area contributed by atoms with E-state index in [0.29, 0.717) is 5.75 Å². The molecule has 2 aliphatic rings. The van der Waals surface area contributed by atoms with E-state index >= 15 is 0 Å². The standard InChI is InChI=1S/C22H35NO10/c1-11-15(25)20(33-21-18(28)17(27)16(26)14(10-24)32-21)19(29)22(30-11)31-13-6-4-12(5-7-13)8-9-23(2)3/h4-7,11,14-22,24-29H,8-10H2,1-3H3/t11-,14+,15-,16+,17-,18+,19+,20+,21-,22-/m0/s1. The lowest BCUT2D eigenvalue weighted by atomic mass is 9.97. The van der Waals surface area contributed by atoms with E-state index in [1.54, 1.807) is 19.1 Å². The topological polar surface area (TPSA) is 162 Å². The van der Waals surface area contributed by atoms with Crippen molar-refractivity contribution in [2.24, 2.45) is 0 Å². The normalized spacial score (nSPS) is 39.6. The number of rotatable bonds is 8. The fourth-order valence-corrected chi connectivity index (χ4v) is 3.81. The van der Waals surface area contributed by atoms with Crippen LogP contribution in [0.1, 0.15) is 12.5 Å². The van der Waals surface area contributed by atoms with Crippen LogP contribution in [0.15, 0.2) is 24.3 Å². The van der Waals surface area contributed by atoms with Crippen molar-refractivity contribution in [1.29, 1.82) is 0 Å². The Balaban J connectivity index is 1.67. The molecule has 6 N–H and O–H groups in total. The lowest BCUT2D eigenvalue weighted by Crippen LogP contribution is -2.64. The monoisotopic (exact) mass is 473 g/mol. The predicted molar refractivity (Wildman–Crippen MR) is 114 cm³/mol. The van der Waals surface area contributed by atoms with Gasteiger partial charge in [-0.3, -0.25) is 0 Å². The van der Waals surface area contributed by atoms with Gasteiger partial charge >= 0.3 is 0 Å². The third-order valence-corrected chi connectivity index (χ3v) is 5.94. The predicted octanol–water partition coefficient (Wildman–Crippen LogP) is -2.18. The summed E-state index contributed by atoms with van der Waals surface area (Å²) in [6.07, 6.45) is -12.8. The summed E-state index contributed by atoms with van der Waals surface area (Å²) in [6, 6.07) is 7.33. The maximum Gasteiger partial charge on any atom is 0.229 e. The molecular weight excluding hydrogens is 438 g/mol. The molecule has 188 valence electrons. The van der Waals surface area contributed by atoms with Crippen LogP contribution >= 0.6 is 0 Å². The van der Waals surface area contributed by atoms with Crippen molar-refractivity contribution < 1.29 is 49.6 Å². The maximum atomic E-state index is 10.8. The second kappa shape index (κ2) is 11.4. The SMILES string of the molecule is C[C@@H]1O[C@@H](Oc2ccc(CCN(C)C)cc2)[C@H](O)[C@H](O[C@@H]2O[C@H](CO)[C@@H](O)[C@H](O)[C@H]2O)[C@H]1O. The highest BCUT2D eigenvalue weighted by molar-refractivity contribution is 5.27. The molecule has 2 heterocycles. The summed E-state index contributed by atoms with van der Waals surface area (Å²) >= 11 is 0. The molecule has 3 rings (SSSR count). The molecule has 0 unspecified atom stereocenters. The van der Waals surface area contributed by atoms with Crippen molar-refractivity contribution in [3.05, 3.63) is 29.8 Å². The van der Waals surface area contributed by atoms with Gasteiger partial charge in [0.05, 0.1) is 12.7 Å². The molecule has 1 aromatic carbocycles. The zero-order valence-electron chi connectivity index (χ0n) is 19.0. The van der Waals surface area contributed by atoms with Gasteiger partial charge in [0.2, 0.25) is 6.29 Å². The molecule has 0 aliphatic carbocycles. The Morgan fingerprint density at radius 2 is 1.52 bits per heavy atom. The highest BCUT2D eigenvalue weighted by Gasteiger charge is 2.50. The summed E-state index contributed by atoms with van der Waals surface area (Å²) in [7, 11) is 4.00. The number of likely N-dealkylation sites (N-methyl/N-ethyl adjacent to an activating group) is 1. The van der Waals surface area contributed by atoms with E-state index in [0.717, 1.165) is 18.5 Å². The Bertz CT molecular complexity index is 732. The first-order chi connectivity index (χ1) is 15.6. The van der Waals surface area contributed by atoms with E-state index in [4.69, 9.17) is 18.9 Å². The van der Waals surface area contributed by atoms with E-state index < -0.39 is 68.0 Å². The zero-order valence-corrected chi connectivity index (χ0v) is 19.0. The lowest BCUT2D eigenvalue weighted by Gasteiger charge is -2.45. The van der Waals surface area contributed by atoms with Crippen molar-refractivity contribution in [2.45, 2.75) is 74.8 Å². The van der Waals surface area contributed by atoms with Gasteiger partial charge in [0.1, 0.15) is 48.5 Å². The largest absolute Gasteiger partial charge is 0.462 e. The minimum absolute atomic E-state index is 0.447. The third-order valence-electron chi connectivity index (χ3n) is 5.94. The molecule has 11 heteroatoms. The van der Waals surface area contributed by atoms with Gasteiger partial charge in [-0.25, -0.2) is 0 Å². The molecule has 0 aromatic heterocycles. The minimum atomic E-state index is -1.67. The van der Waals surface area contributed by atoms with Gasteiger partial charge in [-0.05, 0) is 45.1 Å². The Labute approximate surface area is 192 Å². The summed E-state index contributed by atoms with van der Waals surface area (Å²) in [6.45, 7) is 1.84. The van der Waals surface area contributed by atoms with Crippen LogP contribution in [0.25, 0.3) is 0 Å². The first-order valence-corrected chi connectivity index (χ1v) is 11.0. The lowest BCUT2D eigenvalue weighted by molar-refractivity contribution is -0.350. The summed E-state index contributed by atoms with van der Waals surface area (Å²) in [5, 5.41) is 60.8. The quantitative estimate of drug-likeness (QED) is 0.243. The van der Waals surface area contributed by atoms with E-state index in [1.807, 2.05) is 26.2 Å². The molecular formula is C22H35NO10. The number of nitrogens with zero attached hydrogens (tertiary/aromatic N) is 1. The van der Waals surface area contributed by atoms with Crippen LogP contribution < -0.4 is 4.74 Å². The fourth-order valence-electron chi connectivity index (χ4n) is 3.81. The fraction of sp³-hybridized carbons (Fsp3) is 0.727. The van der Waals surface area contributed by atoms with Crippen molar-refractivity contribution >= 4 is 0 Å². The van der Waals surface area contributed by atoms with Gasteiger partial charge < -0.3 is 54.5 Å². The molecule has 10 atom stereocenters. The van der Waals surface area contributed by atoms with Crippen molar-refractivity contribution in [1.82, 2.24) is 4.90 Å². The summed E-state index contributed by atoms with van der Waals surface area (Å²) in [4.78, 5) is 2.08. The Morgan fingerprint density at radius 3 is 2.12 bits per heavy atom. The first-order valence-electron chi connectivity index (χ1n) is 11.0. The molecule has 11 nitrogen and oxygen atoms in total. The highest BCUT2D eigenvalue weighted by Crippen LogP contribution is 2.30. The average molecular weight is 474 g/mol. The van der Waals surface area contributed by atoms with Crippen molar-refractivity contribution in [2.75, 3.05) is 27.2 Å². The van der Waals surface area contributed by atoms with E-state index in [1.165, 1.54) is 0 Å². The van der Waals surface area contributed by atoms with Gasteiger partial charge in [-0.1, -0.05) is 12.1 Å². The van der Waals surface area contributed by atoms with Crippen LogP contribution in [0.4, 0.5) is 0 Å². The third kappa shape index (κ3) is 6.20. The van der Waals surface area contributed by atoms with Gasteiger partial charge in [0.25, 0.3) is 0 Å². The molecule has 0 bridgehead atoms. The van der Waals surface area contributed by atoms with E-state index in [-0.39, 0.29) is 0 Å². The van der Waals surface area contributed by atoms with Gasteiger partial charge in [-0.2, -0.15) is 0 Å². The molecule has 0 radical (unpaired) electrons. The van der Waals surface area contributed by atoms with Crippen LogP contribution in [0.5, 0.6) is 5.75 Å². The molecule has 2 fully saturated rings. The average Bonchev–Trinajstić information content (AvgIpc) is 2.79. The van der Waals surface area contributed by atoms with E-state index in [9.17, 15) is 30.6 Å². The minimum Gasteiger partial charge on any atom is -0.462 e. The number of hydrogen-bond acceptors (Lipinski definition) is 11. The van der Waals surface area contributed by atoms with Crippen LogP contribution in [0.2, 0.25) is 0 Å². The number of aliphatic hydroxyl groups excluding tert-OH is 6. The number of benzene rings is 1. The Kier molecular flexibility index (Phi) is 9.03. The summed E-state index contributed by atoms with van der Waals surface area (Å²) < 4.78 is 22.3. The van der Waals surface area contributed by atoms with Gasteiger partial charge in [0.15, 0.2) is 6.29 Å². The molecule has 0 saturated carbocycles. The molecule has 2 saturated heterocycles. The zero-order chi connectivity index (χ0) is 24.3. The van der Waals surface area contributed by atoms with Gasteiger partial charge in [-0.15, -0.1) is 0 Å². The molecule has 0 amide bonds. The number of hydrogen-bond donors (Lipinski definition) is 6. The molecule has 2 aliphatic heterocycles. The van der Waals surface area contributed by atoms with Gasteiger partial charge in [0, 0.05) is 6.54 Å². The maximum absolute atomic E-state index is 10.8. The molecule has 33 heavy (non-hydrogen) atoms. The first kappa shape index (κ1) is 26.2. The van der Waals surface area contributed by atoms with Crippen molar-refractivity contribution in [3.8, 4) is 5.75 Å². The Morgan fingerprint density at radius 1 is 0.848 bits per heavy atom. The second-order valence-electron chi connectivity index (χ2n) is 8.80. The van der Waals surface area contributed by atoms with Crippen molar-refractivity contribution in [3.63, 3.8) is 0 Å². The molecule has 1 aromatic rings. The van der Waals surface area contributed by atoms with Crippen LogP contribution in [-0.4, -0.2) is 124 Å².